The van der Waals surface area contributed by atoms with Crippen LogP contribution < -0.4 is 0 Å². The lowest BCUT2D eigenvalue weighted by molar-refractivity contribution is 0.322. The molecule has 64 valence electrons. The minimum Gasteiger partial charge on any atom is -0.411 e. The predicted octanol–water partition coefficient (Wildman–Crippen LogP) is 2.87. The van der Waals surface area contributed by atoms with E-state index in [2.05, 4.69) is 5.16 Å². The van der Waals surface area contributed by atoms with Gasteiger partial charge in [-0.1, -0.05) is 22.8 Å². The number of nitrogens with zero attached hydrogens (tertiary/aromatic N) is 1. The van der Waals surface area contributed by atoms with Crippen molar-refractivity contribution in [1.29, 1.82) is 0 Å². The first kappa shape index (κ1) is 9.42. The number of benzene rings is 1. The molecule has 0 aliphatic rings. The van der Waals surface area contributed by atoms with Gasteiger partial charge in [-0.05, 0) is 18.4 Å². The second-order valence-corrected chi connectivity index (χ2v) is 3.36. The molecule has 0 saturated heterocycles. The van der Waals surface area contributed by atoms with Crippen LogP contribution in [0.1, 0.15) is 5.56 Å². The molecule has 0 radical (unpaired) electrons. The molecule has 1 N–H and O–H groups in total. The summed E-state index contributed by atoms with van der Waals surface area (Å²) in [5, 5.41) is 11.9. The highest BCUT2D eigenvalue weighted by molar-refractivity contribution is 7.98. The molecule has 0 unspecified atom stereocenters. The number of rotatable bonds is 2. The van der Waals surface area contributed by atoms with Gasteiger partial charge in [-0.25, -0.2) is 0 Å². The van der Waals surface area contributed by atoms with Crippen LogP contribution in [0.3, 0.4) is 0 Å². The van der Waals surface area contributed by atoms with Crippen LogP contribution in [-0.4, -0.2) is 17.7 Å². The third-order valence-electron chi connectivity index (χ3n) is 1.42. The summed E-state index contributed by atoms with van der Waals surface area (Å²) in [6.45, 7) is 0. The van der Waals surface area contributed by atoms with Crippen molar-refractivity contribution in [3.63, 3.8) is 0 Å². The number of thioether (sulfide) groups is 1. The van der Waals surface area contributed by atoms with Crippen molar-refractivity contribution in [2.24, 2.45) is 5.16 Å². The Kier molecular flexibility index (Phi) is 3.44. The Morgan fingerprint density at radius 3 is 2.92 bits per heavy atom. The molecule has 0 heterocycles. The van der Waals surface area contributed by atoms with Crippen molar-refractivity contribution in [3.8, 4) is 0 Å². The third-order valence-corrected chi connectivity index (χ3v) is 2.55. The summed E-state index contributed by atoms with van der Waals surface area (Å²) in [5.41, 5.74) is 0.758. The van der Waals surface area contributed by atoms with Gasteiger partial charge in [-0.3, -0.25) is 0 Å². The van der Waals surface area contributed by atoms with Crippen molar-refractivity contribution < 1.29 is 5.21 Å². The Balaban J connectivity index is 3.19. The average Bonchev–Trinajstić information content (AvgIpc) is 2.09. The molecule has 1 aromatic carbocycles. The first-order valence-corrected chi connectivity index (χ1v) is 4.89. The number of hydrogen-bond donors (Lipinski definition) is 1. The molecule has 1 aromatic rings. The van der Waals surface area contributed by atoms with E-state index in [-0.39, 0.29) is 0 Å². The lowest BCUT2D eigenvalue weighted by atomic mass is 10.2. The van der Waals surface area contributed by atoms with E-state index in [9.17, 15) is 0 Å². The van der Waals surface area contributed by atoms with Crippen LogP contribution in [0, 0.1) is 0 Å². The minimum absolute atomic E-state index is 0.597. The van der Waals surface area contributed by atoms with Gasteiger partial charge in [0, 0.05) is 10.5 Å². The van der Waals surface area contributed by atoms with Gasteiger partial charge in [0.05, 0.1) is 11.2 Å². The van der Waals surface area contributed by atoms with Crippen molar-refractivity contribution >= 4 is 29.6 Å². The van der Waals surface area contributed by atoms with E-state index < -0.39 is 0 Å². The normalized spacial score (nSPS) is 10.8. The Morgan fingerprint density at radius 2 is 2.33 bits per heavy atom. The lowest BCUT2D eigenvalue weighted by Crippen LogP contribution is -1.86. The number of halogens is 1. The Labute approximate surface area is 80.2 Å². The van der Waals surface area contributed by atoms with Crippen LogP contribution in [0.15, 0.2) is 28.3 Å². The van der Waals surface area contributed by atoms with Crippen LogP contribution in [0.4, 0.5) is 0 Å². The monoisotopic (exact) mass is 201 g/mol. The topological polar surface area (TPSA) is 32.6 Å². The summed E-state index contributed by atoms with van der Waals surface area (Å²) in [4.78, 5) is 1.00. The first-order chi connectivity index (χ1) is 5.79. The second-order valence-electron chi connectivity index (χ2n) is 2.10. The largest absolute Gasteiger partial charge is 0.411 e. The standard InChI is InChI=1S/C8H8ClNOS/c1-12-8-4-2-3-7(9)6(8)5-10-11/h2-5,11H,1H3/b10-5+. The van der Waals surface area contributed by atoms with Crippen molar-refractivity contribution in [2.75, 3.05) is 6.26 Å². The molecular formula is C8H8ClNOS. The molecule has 0 aliphatic carbocycles. The zero-order valence-corrected chi connectivity index (χ0v) is 8.06. The first-order valence-electron chi connectivity index (χ1n) is 3.29. The molecule has 0 bridgehead atoms. The van der Waals surface area contributed by atoms with Gasteiger partial charge >= 0.3 is 0 Å². The SMILES string of the molecule is CSc1cccc(Cl)c1/C=N/O. The van der Waals surface area contributed by atoms with Crippen LogP contribution in [-0.2, 0) is 0 Å². The van der Waals surface area contributed by atoms with E-state index in [1.54, 1.807) is 17.8 Å². The highest BCUT2D eigenvalue weighted by Crippen LogP contribution is 2.25. The highest BCUT2D eigenvalue weighted by Gasteiger charge is 2.02. The number of oxime groups is 1. The fraction of sp³-hybridized carbons (Fsp3) is 0.125. The van der Waals surface area contributed by atoms with Crippen LogP contribution >= 0.6 is 23.4 Å². The fourth-order valence-corrected chi connectivity index (χ4v) is 1.75. The van der Waals surface area contributed by atoms with E-state index in [1.807, 2.05) is 18.4 Å². The molecule has 0 fully saturated rings. The van der Waals surface area contributed by atoms with E-state index >= 15 is 0 Å². The number of hydrogen-bond acceptors (Lipinski definition) is 3. The summed E-state index contributed by atoms with van der Waals surface area (Å²) >= 11 is 7.43. The summed E-state index contributed by atoms with van der Waals surface area (Å²) < 4.78 is 0. The maximum absolute atomic E-state index is 8.37. The lowest BCUT2D eigenvalue weighted by Gasteiger charge is -2.02. The van der Waals surface area contributed by atoms with Crippen LogP contribution in [0.5, 0.6) is 0 Å². The minimum atomic E-state index is 0.597. The zero-order chi connectivity index (χ0) is 8.97. The zero-order valence-electron chi connectivity index (χ0n) is 6.49. The molecule has 4 heteroatoms. The van der Waals surface area contributed by atoms with E-state index in [4.69, 9.17) is 16.8 Å². The average molecular weight is 202 g/mol. The van der Waals surface area contributed by atoms with Gasteiger partial charge in [0.2, 0.25) is 0 Å². The van der Waals surface area contributed by atoms with Gasteiger partial charge < -0.3 is 5.21 Å². The maximum atomic E-state index is 8.37. The van der Waals surface area contributed by atoms with Crippen molar-refractivity contribution in [3.05, 3.63) is 28.8 Å². The molecule has 12 heavy (non-hydrogen) atoms. The maximum Gasteiger partial charge on any atom is 0.0760 e. The van der Waals surface area contributed by atoms with Crippen molar-refractivity contribution in [2.45, 2.75) is 4.90 Å². The molecular weight excluding hydrogens is 194 g/mol. The van der Waals surface area contributed by atoms with Gasteiger partial charge in [0.1, 0.15) is 0 Å². The summed E-state index contributed by atoms with van der Waals surface area (Å²) in [5.74, 6) is 0. The molecule has 2 nitrogen and oxygen atoms in total. The van der Waals surface area contributed by atoms with Gasteiger partial charge in [-0.2, -0.15) is 0 Å². The van der Waals surface area contributed by atoms with Gasteiger partial charge in [0.15, 0.2) is 0 Å². The molecule has 0 saturated carbocycles. The Hall–Kier alpha value is -0.670. The summed E-state index contributed by atoms with van der Waals surface area (Å²) in [6, 6.07) is 5.55. The quantitative estimate of drug-likeness (QED) is 0.346. The van der Waals surface area contributed by atoms with Crippen LogP contribution in [0.2, 0.25) is 5.02 Å². The third kappa shape index (κ3) is 1.93. The molecule has 0 spiro atoms. The summed E-state index contributed by atoms with van der Waals surface area (Å²) in [6.07, 6.45) is 3.29. The Morgan fingerprint density at radius 1 is 1.58 bits per heavy atom. The van der Waals surface area contributed by atoms with Crippen molar-refractivity contribution in [1.82, 2.24) is 0 Å². The second kappa shape index (κ2) is 4.38. The van der Waals surface area contributed by atoms with Gasteiger partial charge in [0.25, 0.3) is 0 Å². The fourth-order valence-electron chi connectivity index (χ4n) is 0.878. The molecule has 0 amide bonds. The summed E-state index contributed by atoms with van der Waals surface area (Å²) in [7, 11) is 0. The molecule has 0 aliphatic heterocycles. The van der Waals surface area contributed by atoms with E-state index in [0.717, 1.165) is 10.5 Å². The molecule has 1 rings (SSSR count). The smallest absolute Gasteiger partial charge is 0.0760 e. The van der Waals surface area contributed by atoms with E-state index in [1.165, 1.54) is 6.21 Å². The molecule has 0 aromatic heterocycles. The van der Waals surface area contributed by atoms with Crippen LogP contribution in [0.25, 0.3) is 0 Å². The van der Waals surface area contributed by atoms with Gasteiger partial charge in [-0.15, -0.1) is 11.8 Å². The Bertz CT molecular complexity index is 301. The van der Waals surface area contributed by atoms with E-state index in [0.29, 0.717) is 5.02 Å². The highest BCUT2D eigenvalue weighted by atomic mass is 35.5. The predicted molar refractivity (Wildman–Crippen MR) is 52.6 cm³/mol. The molecule has 0 atom stereocenters.